The Labute approximate surface area is 170 Å². The van der Waals surface area contributed by atoms with Gasteiger partial charge in [0.2, 0.25) is 5.78 Å². The number of carbonyl (C=O) groups is 1. The molecule has 0 fully saturated rings. The van der Waals surface area contributed by atoms with Gasteiger partial charge in [0.25, 0.3) is 5.56 Å². The van der Waals surface area contributed by atoms with E-state index in [1.54, 1.807) is 19.2 Å². The standard InChI is InChI=1S/C22H16ClN3O3/c1-25-19-15(11-6-5-7-12(23)10-11)16-13-8-3-4-9-14(13)20(27)17(16)24-18(19)21(28)26(2)22(25)29/h3-10,15-16H,1-2H3. The molecule has 144 valence electrons. The zero-order valence-electron chi connectivity index (χ0n) is 15.7. The molecule has 1 aromatic heterocycles. The van der Waals surface area contributed by atoms with E-state index in [1.165, 1.54) is 11.6 Å². The van der Waals surface area contributed by atoms with Gasteiger partial charge in [-0.25, -0.2) is 9.79 Å². The van der Waals surface area contributed by atoms with E-state index in [4.69, 9.17) is 11.6 Å². The van der Waals surface area contributed by atoms with Crippen LogP contribution >= 0.6 is 11.6 Å². The van der Waals surface area contributed by atoms with Crippen molar-refractivity contribution in [2.45, 2.75) is 11.8 Å². The lowest BCUT2D eigenvalue weighted by Crippen LogP contribution is -2.42. The summed E-state index contributed by atoms with van der Waals surface area (Å²) in [4.78, 5) is 43.2. The first kappa shape index (κ1) is 17.8. The van der Waals surface area contributed by atoms with Crippen molar-refractivity contribution in [3.05, 3.63) is 96.8 Å². The predicted octanol–water partition coefficient (Wildman–Crippen LogP) is 2.94. The molecule has 2 unspecified atom stereocenters. The molecule has 0 saturated heterocycles. The van der Waals surface area contributed by atoms with E-state index < -0.39 is 17.2 Å². The summed E-state index contributed by atoms with van der Waals surface area (Å²) in [5.41, 5.74) is 2.27. The Bertz CT molecular complexity index is 1370. The second-order valence-electron chi connectivity index (χ2n) is 7.36. The first-order chi connectivity index (χ1) is 13.9. The van der Waals surface area contributed by atoms with E-state index in [1.807, 2.05) is 36.4 Å². The third kappa shape index (κ3) is 2.36. The van der Waals surface area contributed by atoms with Crippen LogP contribution in [0.2, 0.25) is 5.02 Å². The lowest BCUT2D eigenvalue weighted by atomic mass is 9.77. The molecule has 1 aliphatic carbocycles. The van der Waals surface area contributed by atoms with Crippen molar-refractivity contribution in [1.29, 1.82) is 0 Å². The van der Waals surface area contributed by atoms with Gasteiger partial charge in [0.15, 0.2) is 0 Å². The van der Waals surface area contributed by atoms with Gasteiger partial charge in [0, 0.05) is 36.5 Å². The van der Waals surface area contributed by atoms with E-state index >= 15 is 0 Å². The van der Waals surface area contributed by atoms with Gasteiger partial charge in [-0.05, 0) is 23.3 Å². The van der Waals surface area contributed by atoms with Crippen LogP contribution in [0.15, 0.2) is 63.1 Å². The molecule has 2 aromatic carbocycles. The minimum absolute atomic E-state index is 0.131. The number of ketones is 1. The number of halogens is 1. The third-order valence-electron chi connectivity index (χ3n) is 5.82. The SMILES string of the molecule is Cn1c2c(c(=O)n(C)c1=O)N=C1C(=O)c3ccccc3C1C2c1cccc(Cl)c1. The summed E-state index contributed by atoms with van der Waals surface area (Å²) in [6.07, 6.45) is 0. The van der Waals surface area contributed by atoms with Gasteiger partial charge in [-0.2, -0.15) is 0 Å². The maximum Gasteiger partial charge on any atom is 0.330 e. The second-order valence-corrected chi connectivity index (χ2v) is 7.80. The van der Waals surface area contributed by atoms with Crippen LogP contribution in [0.25, 0.3) is 0 Å². The van der Waals surface area contributed by atoms with Crippen LogP contribution in [0.5, 0.6) is 0 Å². The Morgan fingerprint density at radius 3 is 2.45 bits per heavy atom. The number of nitrogens with zero attached hydrogens (tertiary/aromatic N) is 3. The molecule has 0 saturated carbocycles. The second kappa shape index (κ2) is 6.12. The molecule has 7 heteroatoms. The molecule has 5 rings (SSSR count). The Morgan fingerprint density at radius 1 is 0.931 bits per heavy atom. The van der Waals surface area contributed by atoms with Crippen LogP contribution in [-0.4, -0.2) is 20.6 Å². The molecule has 29 heavy (non-hydrogen) atoms. The quantitative estimate of drug-likeness (QED) is 0.624. The Kier molecular flexibility index (Phi) is 3.76. The third-order valence-corrected chi connectivity index (χ3v) is 6.06. The molecule has 3 aromatic rings. The highest BCUT2D eigenvalue weighted by Crippen LogP contribution is 2.49. The Hall–Kier alpha value is -3.25. The molecule has 2 aliphatic rings. The van der Waals surface area contributed by atoms with Crippen molar-refractivity contribution in [3.8, 4) is 0 Å². The van der Waals surface area contributed by atoms with E-state index in [0.717, 1.165) is 15.7 Å². The number of aromatic nitrogens is 2. The maximum absolute atomic E-state index is 13.1. The number of hydrogen-bond acceptors (Lipinski definition) is 4. The lowest BCUT2D eigenvalue weighted by Gasteiger charge is -2.31. The fourth-order valence-electron chi connectivity index (χ4n) is 4.49. The summed E-state index contributed by atoms with van der Waals surface area (Å²) in [5.74, 6) is -1.00. The zero-order chi connectivity index (χ0) is 20.4. The summed E-state index contributed by atoms with van der Waals surface area (Å²) < 4.78 is 2.47. The van der Waals surface area contributed by atoms with Crippen LogP contribution < -0.4 is 11.2 Å². The van der Waals surface area contributed by atoms with Crippen LogP contribution in [0.1, 0.15) is 39.0 Å². The van der Waals surface area contributed by atoms with Gasteiger partial charge in [0.1, 0.15) is 5.69 Å². The summed E-state index contributed by atoms with van der Waals surface area (Å²) in [5, 5.41) is 0.541. The molecular weight excluding hydrogens is 390 g/mol. The number of aliphatic imine (C=N–C) groups is 1. The molecule has 0 radical (unpaired) electrons. The average molecular weight is 406 g/mol. The maximum atomic E-state index is 13.1. The predicted molar refractivity (Wildman–Crippen MR) is 111 cm³/mol. The molecule has 0 amide bonds. The first-order valence-corrected chi connectivity index (χ1v) is 9.55. The topological polar surface area (TPSA) is 73.4 Å². The van der Waals surface area contributed by atoms with E-state index in [-0.39, 0.29) is 17.4 Å². The molecule has 0 spiro atoms. The Morgan fingerprint density at radius 2 is 1.69 bits per heavy atom. The van der Waals surface area contributed by atoms with Crippen molar-refractivity contribution in [1.82, 2.24) is 9.13 Å². The van der Waals surface area contributed by atoms with Crippen molar-refractivity contribution >= 4 is 28.8 Å². The largest absolute Gasteiger partial charge is 0.330 e. The fraction of sp³-hybridized carbons (Fsp3) is 0.182. The molecule has 1 aliphatic heterocycles. The highest BCUT2D eigenvalue weighted by Gasteiger charge is 2.46. The highest BCUT2D eigenvalue weighted by molar-refractivity contribution is 6.52. The van der Waals surface area contributed by atoms with Gasteiger partial charge < -0.3 is 0 Å². The molecule has 0 bridgehead atoms. The van der Waals surface area contributed by atoms with Gasteiger partial charge in [-0.15, -0.1) is 0 Å². The van der Waals surface area contributed by atoms with Gasteiger partial charge in [0.05, 0.1) is 11.4 Å². The summed E-state index contributed by atoms with van der Waals surface area (Å²) in [7, 11) is 3.04. The minimum Gasteiger partial charge on any atom is -0.298 e. The smallest absolute Gasteiger partial charge is 0.298 e. The van der Waals surface area contributed by atoms with Gasteiger partial charge in [-0.3, -0.25) is 18.7 Å². The molecule has 2 atom stereocenters. The van der Waals surface area contributed by atoms with Gasteiger partial charge in [-0.1, -0.05) is 48.0 Å². The Balaban J connectivity index is 1.93. The van der Waals surface area contributed by atoms with Crippen molar-refractivity contribution in [2.75, 3.05) is 0 Å². The number of benzene rings is 2. The normalized spacial score (nSPS) is 19.4. The molecule has 2 heterocycles. The average Bonchev–Trinajstić information content (AvgIpc) is 3.01. The molecule has 0 N–H and O–H groups in total. The molecular formula is C22H16ClN3O3. The lowest BCUT2D eigenvalue weighted by molar-refractivity contribution is 0.106. The number of hydrogen-bond donors (Lipinski definition) is 0. The summed E-state index contributed by atoms with van der Waals surface area (Å²) >= 11 is 6.26. The van der Waals surface area contributed by atoms with Crippen molar-refractivity contribution < 1.29 is 4.79 Å². The van der Waals surface area contributed by atoms with E-state index in [9.17, 15) is 14.4 Å². The van der Waals surface area contributed by atoms with Crippen molar-refractivity contribution in [3.63, 3.8) is 0 Å². The first-order valence-electron chi connectivity index (χ1n) is 9.17. The monoisotopic (exact) mass is 405 g/mol. The number of carbonyl (C=O) groups excluding carboxylic acids is 1. The van der Waals surface area contributed by atoms with Crippen LogP contribution in [0.4, 0.5) is 5.69 Å². The highest BCUT2D eigenvalue weighted by atomic mass is 35.5. The fourth-order valence-corrected chi connectivity index (χ4v) is 4.69. The van der Waals surface area contributed by atoms with E-state index in [2.05, 4.69) is 4.99 Å². The van der Waals surface area contributed by atoms with Gasteiger partial charge >= 0.3 is 5.69 Å². The van der Waals surface area contributed by atoms with Crippen LogP contribution in [0, 0.1) is 0 Å². The number of Topliss-reactive ketones (excluding diaryl/α,β-unsaturated/α-hetero) is 1. The van der Waals surface area contributed by atoms with Crippen LogP contribution in [-0.2, 0) is 14.1 Å². The summed E-state index contributed by atoms with van der Waals surface area (Å²) in [6, 6.07) is 14.7. The number of fused-ring (bicyclic) bond motifs is 4. The molecule has 6 nitrogen and oxygen atoms in total. The minimum atomic E-state index is -0.509. The zero-order valence-corrected chi connectivity index (χ0v) is 16.5. The van der Waals surface area contributed by atoms with Crippen molar-refractivity contribution in [2.24, 2.45) is 19.1 Å². The summed E-state index contributed by atoms with van der Waals surface area (Å²) in [6.45, 7) is 0. The van der Waals surface area contributed by atoms with E-state index in [0.29, 0.717) is 22.0 Å². The number of rotatable bonds is 1. The van der Waals surface area contributed by atoms with Crippen LogP contribution in [0.3, 0.4) is 0 Å².